The smallest absolute Gasteiger partial charge is 0.236 e. The van der Waals surface area contributed by atoms with Crippen molar-refractivity contribution in [2.75, 3.05) is 5.32 Å². The second-order valence-electron chi connectivity index (χ2n) is 6.58. The van der Waals surface area contributed by atoms with Crippen LogP contribution in [0.15, 0.2) is 90.3 Å². The van der Waals surface area contributed by atoms with E-state index < -0.39 is 0 Å². The second kappa shape index (κ2) is 8.19. The summed E-state index contributed by atoms with van der Waals surface area (Å²) in [7, 11) is 0. The summed E-state index contributed by atoms with van der Waals surface area (Å²) in [4.78, 5) is 17.8. The molecule has 0 saturated heterocycles. The number of hydrogen-bond acceptors (Lipinski definition) is 3. The van der Waals surface area contributed by atoms with Crippen LogP contribution in [0.5, 0.6) is 0 Å². The van der Waals surface area contributed by atoms with Crippen molar-refractivity contribution in [3.63, 3.8) is 0 Å². The first kappa shape index (κ1) is 18.1. The van der Waals surface area contributed by atoms with Gasteiger partial charge in [-0.25, -0.2) is 4.98 Å². The average Bonchev–Trinajstić information content (AvgIpc) is 3.16. The number of benzene rings is 3. The molecule has 0 aliphatic rings. The SMILES string of the molecule is Cc1nc(-c2cccc(NC(=O)C(c3ccccc3)c3ccccc3)c2)cs1. The highest BCUT2D eigenvalue weighted by Crippen LogP contribution is 2.28. The van der Waals surface area contributed by atoms with Gasteiger partial charge in [-0.2, -0.15) is 0 Å². The molecular weight excluding hydrogens is 364 g/mol. The lowest BCUT2D eigenvalue weighted by Crippen LogP contribution is -2.22. The predicted octanol–water partition coefficient (Wildman–Crippen LogP) is 5.89. The number of anilines is 1. The average molecular weight is 385 g/mol. The van der Waals surface area contributed by atoms with Crippen molar-refractivity contribution in [2.45, 2.75) is 12.8 Å². The molecule has 1 amide bonds. The third kappa shape index (κ3) is 4.02. The van der Waals surface area contributed by atoms with Crippen LogP contribution in [0.25, 0.3) is 11.3 Å². The highest BCUT2D eigenvalue weighted by atomic mass is 32.1. The van der Waals surface area contributed by atoms with Crippen molar-refractivity contribution in [1.29, 1.82) is 0 Å². The molecule has 4 rings (SSSR count). The number of thiazole rings is 1. The summed E-state index contributed by atoms with van der Waals surface area (Å²) >= 11 is 1.62. The largest absolute Gasteiger partial charge is 0.325 e. The van der Waals surface area contributed by atoms with Gasteiger partial charge in [-0.15, -0.1) is 11.3 Å². The molecular formula is C24H20N2OS. The third-order valence-corrected chi connectivity index (χ3v) is 5.35. The van der Waals surface area contributed by atoms with Crippen LogP contribution in [0.4, 0.5) is 5.69 Å². The Kier molecular flexibility index (Phi) is 5.31. The molecule has 0 spiro atoms. The number of nitrogens with one attached hydrogen (secondary N) is 1. The molecule has 28 heavy (non-hydrogen) atoms. The molecule has 4 heteroatoms. The molecule has 0 aliphatic carbocycles. The quantitative estimate of drug-likeness (QED) is 0.466. The van der Waals surface area contributed by atoms with Crippen LogP contribution < -0.4 is 5.32 Å². The first-order valence-electron chi connectivity index (χ1n) is 9.14. The van der Waals surface area contributed by atoms with Crippen molar-refractivity contribution in [3.05, 3.63) is 106 Å². The molecule has 0 unspecified atom stereocenters. The van der Waals surface area contributed by atoms with E-state index in [2.05, 4.69) is 10.3 Å². The van der Waals surface area contributed by atoms with Crippen LogP contribution in [0.2, 0.25) is 0 Å². The standard InChI is InChI=1S/C24H20N2OS/c1-17-25-22(16-28-17)20-13-8-14-21(15-20)26-24(27)23(18-9-4-2-5-10-18)19-11-6-3-7-12-19/h2-16,23H,1H3,(H,26,27). The van der Waals surface area contributed by atoms with E-state index in [0.717, 1.165) is 33.1 Å². The molecule has 1 aromatic heterocycles. The maximum absolute atomic E-state index is 13.2. The summed E-state index contributed by atoms with van der Waals surface area (Å²) < 4.78 is 0. The van der Waals surface area contributed by atoms with Gasteiger partial charge in [0.2, 0.25) is 5.91 Å². The number of hydrogen-bond donors (Lipinski definition) is 1. The molecule has 0 radical (unpaired) electrons. The van der Waals surface area contributed by atoms with Crippen LogP contribution in [0.1, 0.15) is 22.1 Å². The second-order valence-corrected chi connectivity index (χ2v) is 7.64. The van der Waals surface area contributed by atoms with Gasteiger partial charge >= 0.3 is 0 Å². The van der Waals surface area contributed by atoms with E-state index in [4.69, 9.17) is 0 Å². The van der Waals surface area contributed by atoms with Crippen molar-refractivity contribution in [3.8, 4) is 11.3 Å². The normalized spacial score (nSPS) is 10.8. The molecule has 0 atom stereocenters. The van der Waals surface area contributed by atoms with Crippen molar-refractivity contribution in [2.24, 2.45) is 0 Å². The fourth-order valence-corrected chi connectivity index (χ4v) is 3.87. The summed E-state index contributed by atoms with van der Waals surface area (Å²) in [6, 6.07) is 27.6. The topological polar surface area (TPSA) is 42.0 Å². The van der Waals surface area contributed by atoms with Gasteiger partial charge in [0.15, 0.2) is 0 Å². The van der Waals surface area contributed by atoms with Crippen LogP contribution in [0, 0.1) is 6.92 Å². The summed E-state index contributed by atoms with van der Waals surface area (Å²) in [6.07, 6.45) is 0. The first-order valence-corrected chi connectivity index (χ1v) is 10.0. The zero-order valence-electron chi connectivity index (χ0n) is 15.5. The van der Waals surface area contributed by atoms with Gasteiger partial charge in [0.05, 0.1) is 16.6 Å². The number of carbonyl (C=O) groups excluding carboxylic acids is 1. The molecule has 1 N–H and O–H groups in total. The number of nitrogens with zero attached hydrogens (tertiary/aromatic N) is 1. The maximum Gasteiger partial charge on any atom is 0.236 e. The monoisotopic (exact) mass is 384 g/mol. The van der Waals surface area contributed by atoms with E-state index in [1.165, 1.54) is 0 Å². The number of carbonyl (C=O) groups is 1. The Labute approximate surface area is 168 Å². The molecule has 138 valence electrons. The van der Waals surface area contributed by atoms with Crippen LogP contribution >= 0.6 is 11.3 Å². The molecule has 4 aromatic rings. The highest BCUT2D eigenvalue weighted by Gasteiger charge is 2.22. The minimum atomic E-state index is -0.368. The first-order chi connectivity index (χ1) is 13.7. The Morgan fingerprint density at radius 3 is 2.11 bits per heavy atom. The number of aryl methyl sites for hydroxylation is 1. The molecule has 0 saturated carbocycles. The summed E-state index contributed by atoms with van der Waals surface area (Å²) in [5, 5.41) is 6.15. The van der Waals surface area contributed by atoms with E-state index in [9.17, 15) is 4.79 Å². The van der Waals surface area contributed by atoms with Gasteiger partial charge in [0, 0.05) is 16.6 Å². The lowest BCUT2D eigenvalue weighted by atomic mass is 9.90. The number of amides is 1. The van der Waals surface area contributed by atoms with Gasteiger partial charge in [0.1, 0.15) is 0 Å². The molecule has 3 aromatic carbocycles. The van der Waals surface area contributed by atoms with Crippen molar-refractivity contribution >= 4 is 22.9 Å². The van der Waals surface area contributed by atoms with Gasteiger partial charge in [0.25, 0.3) is 0 Å². The van der Waals surface area contributed by atoms with E-state index in [1.807, 2.05) is 97.2 Å². The Bertz CT molecular complexity index is 1030. The summed E-state index contributed by atoms with van der Waals surface area (Å²) in [5.74, 6) is -0.420. The minimum Gasteiger partial charge on any atom is -0.325 e. The Balaban J connectivity index is 1.64. The fraction of sp³-hybridized carbons (Fsp3) is 0.0833. The minimum absolute atomic E-state index is 0.0518. The molecule has 0 aliphatic heterocycles. The maximum atomic E-state index is 13.2. The zero-order valence-corrected chi connectivity index (χ0v) is 16.3. The Morgan fingerprint density at radius 2 is 1.54 bits per heavy atom. The fourth-order valence-electron chi connectivity index (χ4n) is 3.25. The van der Waals surface area contributed by atoms with Crippen molar-refractivity contribution < 1.29 is 4.79 Å². The van der Waals surface area contributed by atoms with E-state index in [0.29, 0.717) is 0 Å². The summed E-state index contributed by atoms with van der Waals surface area (Å²) in [5.41, 5.74) is 4.64. The van der Waals surface area contributed by atoms with Crippen LogP contribution in [-0.4, -0.2) is 10.9 Å². The predicted molar refractivity (Wildman–Crippen MR) is 116 cm³/mol. The molecule has 1 heterocycles. The number of rotatable bonds is 5. The Morgan fingerprint density at radius 1 is 0.893 bits per heavy atom. The zero-order chi connectivity index (χ0) is 19.3. The third-order valence-electron chi connectivity index (χ3n) is 4.57. The van der Waals surface area contributed by atoms with Gasteiger partial charge in [-0.05, 0) is 30.2 Å². The van der Waals surface area contributed by atoms with Gasteiger partial charge < -0.3 is 5.32 Å². The Hall–Kier alpha value is -3.24. The van der Waals surface area contributed by atoms with Crippen LogP contribution in [0.3, 0.4) is 0 Å². The summed E-state index contributed by atoms with van der Waals surface area (Å²) in [6.45, 7) is 1.99. The molecule has 0 bridgehead atoms. The van der Waals surface area contributed by atoms with Gasteiger partial charge in [-0.1, -0.05) is 72.8 Å². The lowest BCUT2D eigenvalue weighted by molar-refractivity contribution is -0.116. The molecule has 0 fully saturated rings. The van der Waals surface area contributed by atoms with Gasteiger partial charge in [-0.3, -0.25) is 4.79 Å². The van der Waals surface area contributed by atoms with E-state index in [-0.39, 0.29) is 11.8 Å². The highest BCUT2D eigenvalue weighted by molar-refractivity contribution is 7.09. The number of aromatic nitrogens is 1. The lowest BCUT2D eigenvalue weighted by Gasteiger charge is -2.18. The van der Waals surface area contributed by atoms with E-state index in [1.54, 1.807) is 11.3 Å². The van der Waals surface area contributed by atoms with E-state index >= 15 is 0 Å². The molecule has 3 nitrogen and oxygen atoms in total. The van der Waals surface area contributed by atoms with Crippen molar-refractivity contribution in [1.82, 2.24) is 4.98 Å². The van der Waals surface area contributed by atoms with Crippen LogP contribution in [-0.2, 0) is 4.79 Å².